The Bertz CT molecular complexity index is 870. The number of carbonyl (C=O) groups is 2. The number of alkyl halides is 3. The molecule has 0 aliphatic carbocycles. The van der Waals surface area contributed by atoms with Crippen molar-refractivity contribution in [3.63, 3.8) is 0 Å². The molecule has 1 aliphatic heterocycles. The highest BCUT2D eigenvalue weighted by Crippen LogP contribution is 2.33. The maximum Gasteiger partial charge on any atom is 0.416 e. The molecule has 1 fully saturated rings. The minimum absolute atomic E-state index is 0.0362. The van der Waals surface area contributed by atoms with Crippen LogP contribution in [-0.4, -0.2) is 18.4 Å². The first-order valence-electron chi connectivity index (χ1n) is 8.24. The van der Waals surface area contributed by atoms with Gasteiger partial charge in [-0.05, 0) is 29.8 Å². The number of hydrogen-bond acceptors (Lipinski definition) is 2. The van der Waals surface area contributed by atoms with Crippen LogP contribution < -0.4 is 10.2 Å². The Kier molecular flexibility index (Phi) is 5.41. The molecule has 4 nitrogen and oxygen atoms in total. The molecule has 1 atom stereocenters. The second-order valence-corrected chi connectivity index (χ2v) is 6.67. The predicted molar refractivity (Wildman–Crippen MR) is 95.2 cm³/mol. The van der Waals surface area contributed by atoms with E-state index in [1.165, 1.54) is 17.0 Å². The zero-order valence-corrected chi connectivity index (χ0v) is 14.8. The van der Waals surface area contributed by atoms with Crippen molar-refractivity contribution >= 4 is 29.1 Å². The number of carbonyl (C=O) groups excluding carboxylic acids is 2. The lowest BCUT2D eigenvalue weighted by Crippen LogP contribution is -2.32. The maximum absolute atomic E-state index is 12.9. The van der Waals surface area contributed by atoms with Crippen molar-refractivity contribution < 1.29 is 22.8 Å². The van der Waals surface area contributed by atoms with E-state index in [9.17, 15) is 22.8 Å². The molecular weight excluding hydrogens is 381 g/mol. The Morgan fingerprint density at radius 1 is 1.19 bits per heavy atom. The van der Waals surface area contributed by atoms with E-state index in [0.717, 1.165) is 17.7 Å². The van der Waals surface area contributed by atoms with Crippen molar-refractivity contribution in [1.82, 2.24) is 5.32 Å². The smallest absolute Gasteiger partial charge is 0.352 e. The minimum Gasteiger partial charge on any atom is -0.352 e. The van der Waals surface area contributed by atoms with Gasteiger partial charge in [-0.2, -0.15) is 13.2 Å². The number of anilines is 1. The summed E-state index contributed by atoms with van der Waals surface area (Å²) >= 11 is 6.04. The summed E-state index contributed by atoms with van der Waals surface area (Å²) in [4.78, 5) is 25.8. The van der Waals surface area contributed by atoms with Gasteiger partial charge in [-0.15, -0.1) is 0 Å². The van der Waals surface area contributed by atoms with E-state index in [4.69, 9.17) is 11.6 Å². The highest BCUT2D eigenvalue weighted by atomic mass is 35.5. The molecule has 2 aromatic carbocycles. The third-order valence-electron chi connectivity index (χ3n) is 4.39. The lowest BCUT2D eigenvalue weighted by Gasteiger charge is -2.18. The van der Waals surface area contributed by atoms with Gasteiger partial charge in [0.2, 0.25) is 11.8 Å². The molecule has 1 aliphatic rings. The monoisotopic (exact) mass is 396 g/mol. The second kappa shape index (κ2) is 7.60. The molecule has 2 aromatic rings. The Hall–Kier alpha value is -2.54. The van der Waals surface area contributed by atoms with Crippen molar-refractivity contribution in [3.8, 4) is 0 Å². The van der Waals surface area contributed by atoms with E-state index < -0.39 is 17.7 Å². The molecule has 3 rings (SSSR count). The molecule has 0 aromatic heterocycles. The molecule has 1 heterocycles. The summed E-state index contributed by atoms with van der Waals surface area (Å²) in [6.45, 7) is 0.251. The summed E-state index contributed by atoms with van der Waals surface area (Å²) in [6.07, 6.45) is -4.55. The summed E-state index contributed by atoms with van der Waals surface area (Å²) in [5.74, 6) is -1.35. The van der Waals surface area contributed by atoms with E-state index >= 15 is 0 Å². The summed E-state index contributed by atoms with van der Waals surface area (Å²) in [7, 11) is 0. The van der Waals surface area contributed by atoms with E-state index in [2.05, 4.69) is 5.32 Å². The fourth-order valence-electron chi connectivity index (χ4n) is 2.95. The molecule has 8 heteroatoms. The van der Waals surface area contributed by atoms with Gasteiger partial charge in [0, 0.05) is 30.2 Å². The Morgan fingerprint density at radius 2 is 1.93 bits per heavy atom. The number of amides is 2. The predicted octanol–water partition coefficient (Wildman–Crippen LogP) is 4.03. The van der Waals surface area contributed by atoms with Crippen LogP contribution in [-0.2, 0) is 22.3 Å². The molecular formula is C19H16ClF3N2O2. The zero-order chi connectivity index (χ0) is 19.6. The van der Waals surface area contributed by atoms with Crippen LogP contribution in [0.2, 0.25) is 5.02 Å². The Balaban J connectivity index is 1.67. The lowest BCUT2D eigenvalue weighted by molar-refractivity contribution is -0.137. The zero-order valence-electron chi connectivity index (χ0n) is 14.1. The topological polar surface area (TPSA) is 49.4 Å². The molecule has 0 spiro atoms. The number of benzene rings is 2. The number of nitrogens with one attached hydrogen (secondary N) is 1. The fourth-order valence-corrected chi connectivity index (χ4v) is 3.15. The van der Waals surface area contributed by atoms with Gasteiger partial charge in [0.15, 0.2) is 0 Å². The highest BCUT2D eigenvalue weighted by Gasteiger charge is 2.36. The first-order chi connectivity index (χ1) is 12.8. The molecule has 0 unspecified atom stereocenters. The standard InChI is InChI=1S/C19H16ClF3N2O2/c20-16-7-2-1-4-12(16)10-24-18(27)13-8-17(26)25(11-13)15-6-3-5-14(9-15)19(21,22)23/h1-7,9,13H,8,10-11H2,(H,24,27)/t13-/m1/s1. The molecule has 142 valence electrons. The highest BCUT2D eigenvalue weighted by molar-refractivity contribution is 6.31. The van der Waals surface area contributed by atoms with Crippen molar-refractivity contribution in [3.05, 3.63) is 64.7 Å². The normalized spacial score (nSPS) is 17.3. The summed E-state index contributed by atoms with van der Waals surface area (Å²) in [6, 6.07) is 11.6. The van der Waals surface area contributed by atoms with Gasteiger partial charge in [0.05, 0.1) is 11.5 Å². The van der Waals surface area contributed by atoms with Crippen LogP contribution in [0.5, 0.6) is 0 Å². The van der Waals surface area contributed by atoms with E-state index in [-0.39, 0.29) is 37.0 Å². The van der Waals surface area contributed by atoms with Crippen molar-refractivity contribution in [1.29, 1.82) is 0 Å². The summed E-state index contributed by atoms with van der Waals surface area (Å²) < 4.78 is 38.6. The molecule has 2 amide bonds. The summed E-state index contributed by atoms with van der Waals surface area (Å²) in [5.41, 5.74) is 0.0437. The van der Waals surface area contributed by atoms with Crippen LogP contribution in [0, 0.1) is 5.92 Å². The number of hydrogen-bond donors (Lipinski definition) is 1. The van der Waals surface area contributed by atoms with Gasteiger partial charge >= 0.3 is 6.18 Å². The maximum atomic E-state index is 12.9. The number of nitrogens with zero attached hydrogens (tertiary/aromatic N) is 1. The van der Waals surface area contributed by atoms with E-state index in [1.54, 1.807) is 24.3 Å². The first kappa shape index (κ1) is 19.2. The number of rotatable bonds is 4. The van der Waals surface area contributed by atoms with Gasteiger partial charge in [0.25, 0.3) is 0 Å². The SMILES string of the molecule is O=C(NCc1ccccc1Cl)[C@@H]1CC(=O)N(c2cccc(C(F)(F)F)c2)C1. The van der Waals surface area contributed by atoms with Crippen LogP contribution in [0.3, 0.4) is 0 Å². The molecule has 0 bridgehead atoms. The van der Waals surface area contributed by atoms with Crippen LogP contribution in [0.15, 0.2) is 48.5 Å². The summed E-state index contributed by atoms with van der Waals surface area (Å²) in [5, 5.41) is 3.25. The second-order valence-electron chi connectivity index (χ2n) is 6.26. The van der Waals surface area contributed by atoms with Crippen LogP contribution >= 0.6 is 11.6 Å². The van der Waals surface area contributed by atoms with Gasteiger partial charge in [0.1, 0.15) is 0 Å². The van der Waals surface area contributed by atoms with Crippen LogP contribution in [0.25, 0.3) is 0 Å². The quantitative estimate of drug-likeness (QED) is 0.848. The van der Waals surface area contributed by atoms with Gasteiger partial charge < -0.3 is 10.2 Å². The molecule has 27 heavy (non-hydrogen) atoms. The van der Waals surface area contributed by atoms with Crippen LogP contribution in [0.4, 0.5) is 18.9 Å². The van der Waals surface area contributed by atoms with E-state index in [0.29, 0.717) is 5.02 Å². The largest absolute Gasteiger partial charge is 0.416 e. The van der Waals surface area contributed by atoms with E-state index in [1.807, 2.05) is 0 Å². The van der Waals surface area contributed by atoms with Crippen molar-refractivity contribution in [2.75, 3.05) is 11.4 Å². The molecule has 1 N–H and O–H groups in total. The molecule has 0 saturated carbocycles. The average molecular weight is 397 g/mol. The van der Waals surface area contributed by atoms with Gasteiger partial charge in [-0.3, -0.25) is 9.59 Å². The lowest BCUT2D eigenvalue weighted by atomic mass is 10.1. The van der Waals surface area contributed by atoms with Gasteiger partial charge in [-0.25, -0.2) is 0 Å². The third kappa shape index (κ3) is 4.42. The Labute approximate surface area is 158 Å². The minimum atomic E-state index is -4.50. The van der Waals surface area contributed by atoms with Crippen LogP contribution in [0.1, 0.15) is 17.5 Å². The Morgan fingerprint density at radius 3 is 2.63 bits per heavy atom. The fraction of sp³-hybridized carbons (Fsp3) is 0.263. The molecule has 0 radical (unpaired) electrons. The number of halogens is 4. The first-order valence-corrected chi connectivity index (χ1v) is 8.62. The van der Waals surface area contributed by atoms with Gasteiger partial charge in [-0.1, -0.05) is 35.9 Å². The average Bonchev–Trinajstić information content (AvgIpc) is 3.02. The van der Waals surface area contributed by atoms with Crippen molar-refractivity contribution in [2.45, 2.75) is 19.1 Å². The molecule has 1 saturated heterocycles. The van der Waals surface area contributed by atoms with Crippen molar-refractivity contribution in [2.24, 2.45) is 5.92 Å². The third-order valence-corrected chi connectivity index (χ3v) is 4.76.